The Hall–Kier alpha value is -2.87. The Labute approximate surface area is 121 Å². The number of benzene rings is 1. The van der Waals surface area contributed by atoms with Gasteiger partial charge in [0, 0.05) is 25.0 Å². The summed E-state index contributed by atoms with van der Waals surface area (Å²) in [4.78, 5) is 19.5. The van der Waals surface area contributed by atoms with Gasteiger partial charge in [0.25, 0.3) is 0 Å². The van der Waals surface area contributed by atoms with Crippen molar-refractivity contribution in [1.82, 2.24) is 14.5 Å². The van der Waals surface area contributed by atoms with Crippen LogP contribution in [0.25, 0.3) is 22.4 Å². The Bertz CT molecular complexity index is 899. The lowest BCUT2D eigenvalue weighted by Crippen LogP contribution is -2.08. The first-order valence-corrected chi connectivity index (χ1v) is 6.82. The molecule has 0 amide bonds. The number of aromatic amines is 1. The summed E-state index contributed by atoms with van der Waals surface area (Å²) in [5, 5.41) is 9.00. The lowest BCUT2D eigenvalue weighted by atomic mass is 10.2. The second-order valence-corrected chi connectivity index (χ2v) is 4.82. The Morgan fingerprint density at radius 3 is 2.95 bits per heavy atom. The van der Waals surface area contributed by atoms with Gasteiger partial charge in [-0.2, -0.15) is 5.26 Å². The van der Waals surface area contributed by atoms with Gasteiger partial charge in [-0.15, -0.1) is 0 Å². The van der Waals surface area contributed by atoms with Crippen molar-refractivity contribution in [2.75, 3.05) is 0 Å². The number of nitrogens with one attached hydrogen (secondary N) is 1. The first-order chi connectivity index (χ1) is 10.2. The van der Waals surface area contributed by atoms with Crippen LogP contribution in [0.2, 0.25) is 0 Å². The summed E-state index contributed by atoms with van der Waals surface area (Å²) in [5.41, 5.74) is 2.72. The van der Waals surface area contributed by atoms with Gasteiger partial charge in [-0.1, -0.05) is 6.92 Å². The van der Waals surface area contributed by atoms with Crippen molar-refractivity contribution >= 4 is 11.0 Å². The average molecular weight is 278 g/mol. The highest BCUT2D eigenvalue weighted by atomic mass is 16.1. The summed E-state index contributed by atoms with van der Waals surface area (Å²) in [6, 6.07) is 9.02. The second kappa shape index (κ2) is 5.25. The minimum Gasteiger partial charge on any atom is -0.367 e. The summed E-state index contributed by atoms with van der Waals surface area (Å²) in [5.74, 6) is 0.642. The zero-order valence-electron chi connectivity index (χ0n) is 11.6. The largest absolute Gasteiger partial charge is 0.367 e. The molecule has 2 aromatic heterocycles. The molecule has 0 aliphatic carbocycles. The Morgan fingerprint density at radius 1 is 1.38 bits per heavy atom. The maximum absolute atomic E-state index is 12.1. The maximum Gasteiger partial charge on any atom is 0.192 e. The molecule has 104 valence electrons. The molecule has 0 spiro atoms. The molecule has 0 atom stereocenters. The van der Waals surface area contributed by atoms with E-state index in [9.17, 15) is 4.79 Å². The second-order valence-electron chi connectivity index (χ2n) is 4.82. The van der Waals surface area contributed by atoms with Crippen molar-refractivity contribution < 1.29 is 0 Å². The number of nitrogens with zero attached hydrogens (tertiary/aromatic N) is 3. The molecule has 0 aliphatic heterocycles. The average Bonchev–Trinajstić information content (AvgIpc) is 2.86. The van der Waals surface area contributed by atoms with Crippen LogP contribution in [0.5, 0.6) is 0 Å². The Kier molecular flexibility index (Phi) is 3.28. The first kappa shape index (κ1) is 13.1. The van der Waals surface area contributed by atoms with Gasteiger partial charge in [0.2, 0.25) is 0 Å². The SMILES string of the molecule is CCCn1c(-c2c[nH]ccc2=O)nc2cc(C#N)ccc21. The molecule has 0 unspecified atom stereocenters. The minimum atomic E-state index is -0.0677. The standard InChI is InChI=1S/C16H14N4O/c1-2-7-20-14-4-3-11(9-17)8-13(14)19-16(20)12-10-18-6-5-15(12)21/h3-6,8,10H,2,7H2,1H3,(H,18,21). The predicted molar refractivity (Wildman–Crippen MR) is 80.8 cm³/mol. The van der Waals surface area contributed by atoms with Gasteiger partial charge in [0.05, 0.1) is 28.2 Å². The molecule has 2 heterocycles. The zero-order chi connectivity index (χ0) is 14.8. The highest BCUT2D eigenvalue weighted by molar-refractivity contribution is 5.81. The number of imidazole rings is 1. The van der Waals surface area contributed by atoms with Gasteiger partial charge in [0.1, 0.15) is 5.82 Å². The number of fused-ring (bicyclic) bond motifs is 1. The van der Waals surface area contributed by atoms with Crippen LogP contribution in [-0.2, 0) is 6.54 Å². The third-order valence-electron chi connectivity index (χ3n) is 3.39. The first-order valence-electron chi connectivity index (χ1n) is 6.82. The van der Waals surface area contributed by atoms with E-state index in [1.165, 1.54) is 6.07 Å². The monoisotopic (exact) mass is 278 g/mol. The van der Waals surface area contributed by atoms with Crippen LogP contribution in [0.3, 0.4) is 0 Å². The lowest BCUT2D eigenvalue weighted by molar-refractivity contribution is 0.703. The quantitative estimate of drug-likeness (QED) is 0.800. The van der Waals surface area contributed by atoms with Crippen molar-refractivity contribution in [1.29, 1.82) is 5.26 Å². The molecule has 5 heteroatoms. The molecule has 0 saturated heterocycles. The van der Waals surface area contributed by atoms with Gasteiger partial charge in [0.15, 0.2) is 5.43 Å². The van der Waals surface area contributed by atoms with Gasteiger partial charge in [-0.05, 0) is 24.6 Å². The van der Waals surface area contributed by atoms with E-state index in [0.29, 0.717) is 17.0 Å². The number of rotatable bonds is 3. The summed E-state index contributed by atoms with van der Waals surface area (Å²) in [6.45, 7) is 2.85. The smallest absolute Gasteiger partial charge is 0.192 e. The van der Waals surface area contributed by atoms with Crippen LogP contribution in [0.1, 0.15) is 18.9 Å². The molecular weight excluding hydrogens is 264 g/mol. The van der Waals surface area contributed by atoms with Gasteiger partial charge in [-0.25, -0.2) is 4.98 Å². The van der Waals surface area contributed by atoms with Crippen molar-refractivity contribution in [3.05, 3.63) is 52.4 Å². The fraction of sp³-hybridized carbons (Fsp3) is 0.188. The topological polar surface area (TPSA) is 74.5 Å². The van der Waals surface area contributed by atoms with Crippen molar-refractivity contribution in [2.45, 2.75) is 19.9 Å². The highest BCUT2D eigenvalue weighted by Crippen LogP contribution is 2.23. The summed E-state index contributed by atoms with van der Waals surface area (Å²) in [7, 11) is 0. The predicted octanol–water partition coefficient (Wildman–Crippen LogP) is 2.67. The lowest BCUT2D eigenvalue weighted by Gasteiger charge is -2.07. The van der Waals surface area contributed by atoms with Crippen LogP contribution in [0.15, 0.2) is 41.5 Å². The molecule has 0 radical (unpaired) electrons. The van der Waals surface area contributed by atoms with E-state index in [2.05, 4.69) is 23.0 Å². The van der Waals surface area contributed by atoms with Crippen LogP contribution in [0, 0.1) is 11.3 Å². The van der Waals surface area contributed by atoms with Gasteiger partial charge < -0.3 is 9.55 Å². The number of hydrogen-bond donors (Lipinski definition) is 1. The number of nitriles is 1. The van der Waals surface area contributed by atoms with E-state index < -0.39 is 0 Å². The summed E-state index contributed by atoms with van der Waals surface area (Å²) < 4.78 is 2.03. The fourth-order valence-corrected chi connectivity index (χ4v) is 2.45. The normalized spacial score (nSPS) is 10.7. The molecular formula is C16H14N4O. The number of hydrogen-bond acceptors (Lipinski definition) is 3. The van der Waals surface area contributed by atoms with E-state index in [1.807, 2.05) is 10.6 Å². The molecule has 5 nitrogen and oxygen atoms in total. The van der Waals surface area contributed by atoms with Crippen LogP contribution < -0.4 is 5.43 Å². The molecule has 0 saturated carbocycles. The van der Waals surface area contributed by atoms with E-state index in [0.717, 1.165) is 24.0 Å². The zero-order valence-corrected chi connectivity index (χ0v) is 11.6. The molecule has 0 aliphatic rings. The van der Waals surface area contributed by atoms with Crippen LogP contribution >= 0.6 is 0 Å². The van der Waals surface area contributed by atoms with Crippen LogP contribution in [-0.4, -0.2) is 14.5 Å². The Morgan fingerprint density at radius 2 is 2.24 bits per heavy atom. The fourth-order valence-electron chi connectivity index (χ4n) is 2.45. The highest BCUT2D eigenvalue weighted by Gasteiger charge is 2.14. The van der Waals surface area contributed by atoms with Crippen molar-refractivity contribution in [2.24, 2.45) is 0 Å². The number of pyridine rings is 1. The van der Waals surface area contributed by atoms with E-state index >= 15 is 0 Å². The minimum absolute atomic E-state index is 0.0677. The third kappa shape index (κ3) is 2.21. The number of H-pyrrole nitrogens is 1. The molecule has 3 rings (SSSR count). The molecule has 21 heavy (non-hydrogen) atoms. The number of aryl methyl sites for hydroxylation is 1. The Balaban J connectivity index is 2.32. The van der Waals surface area contributed by atoms with Crippen molar-refractivity contribution in [3.63, 3.8) is 0 Å². The van der Waals surface area contributed by atoms with Crippen LogP contribution in [0.4, 0.5) is 0 Å². The summed E-state index contributed by atoms with van der Waals surface area (Å²) >= 11 is 0. The summed E-state index contributed by atoms with van der Waals surface area (Å²) in [6.07, 6.45) is 4.20. The third-order valence-corrected chi connectivity index (χ3v) is 3.39. The van der Waals surface area contributed by atoms with Gasteiger partial charge >= 0.3 is 0 Å². The van der Waals surface area contributed by atoms with E-state index in [1.54, 1.807) is 24.5 Å². The molecule has 0 fully saturated rings. The molecule has 3 aromatic rings. The molecule has 1 aromatic carbocycles. The maximum atomic E-state index is 12.1. The molecule has 0 bridgehead atoms. The van der Waals surface area contributed by atoms with E-state index in [-0.39, 0.29) is 5.43 Å². The van der Waals surface area contributed by atoms with Gasteiger partial charge in [-0.3, -0.25) is 4.79 Å². The molecule has 1 N–H and O–H groups in total. The number of aromatic nitrogens is 3. The van der Waals surface area contributed by atoms with E-state index in [4.69, 9.17) is 5.26 Å². The van der Waals surface area contributed by atoms with Crippen molar-refractivity contribution in [3.8, 4) is 17.5 Å².